The van der Waals surface area contributed by atoms with Gasteiger partial charge in [-0.05, 0) is 18.8 Å². The lowest BCUT2D eigenvalue weighted by Crippen LogP contribution is -2.15. The number of nitrogens with zero attached hydrogens (tertiary/aromatic N) is 2. The maximum atomic E-state index is 8.99. The number of imidazole rings is 1. The van der Waals surface area contributed by atoms with Gasteiger partial charge in [0, 0.05) is 18.4 Å². The van der Waals surface area contributed by atoms with Crippen molar-refractivity contribution in [2.24, 2.45) is 0 Å². The molecule has 0 amide bonds. The standard InChI is InChI=1S/C9H14N2O/c1-7-3-2-4-11-8(7)5-10-9(11)6-12/h5,7,12H,2-4,6H2,1H3. The summed E-state index contributed by atoms with van der Waals surface area (Å²) in [7, 11) is 0. The molecule has 3 heteroatoms. The van der Waals surface area contributed by atoms with Crippen molar-refractivity contribution < 1.29 is 5.11 Å². The van der Waals surface area contributed by atoms with Crippen molar-refractivity contribution in [3.8, 4) is 0 Å². The van der Waals surface area contributed by atoms with Crippen LogP contribution in [0.15, 0.2) is 6.20 Å². The molecular weight excluding hydrogens is 152 g/mol. The molecule has 3 nitrogen and oxygen atoms in total. The summed E-state index contributed by atoms with van der Waals surface area (Å²) in [5.74, 6) is 1.42. The highest BCUT2D eigenvalue weighted by atomic mass is 16.3. The molecule has 1 aliphatic heterocycles. The molecule has 2 heterocycles. The summed E-state index contributed by atoms with van der Waals surface area (Å²) in [5.41, 5.74) is 1.28. The minimum atomic E-state index is 0.0622. The number of hydrogen-bond donors (Lipinski definition) is 1. The summed E-state index contributed by atoms with van der Waals surface area (Å²) < 4.78 is 2.15. The van der Waals surface area contributed by atoms with Gasteiger partial charge < -0.3 is 9.67 Å². The maximum Gasteiger partial charge on any atom is 0.134 e. The molecule has 0 fully saturated rings. The van der Waals surface area contributed by atoms with Gasteiger partial charge in [0.05, 0.1) is 0 Å². The van der Waals surface area contributed by atoms with E-state index in [1.807, 2.05) is 6.20 Å². The Hall–Kier alpha value is -0.830. The van der Waals surface area contributed by atoms with Crippen LogP contribution in [-0.4, -0.2) is 14.7 Å². The van der Waals surface area contributed by atoms with Crippen LogP contribution in [0.1, 0.15) is 37.2 Å². The summed E-state index contributed by atoms with van der Waals surface area (Å²) in [6, 6.07) is 0. The number of aromatic nitrogens is 2. The van der Waals surface area contributed by atoms with E-state index in [0.717, 1.165) is 12.4 Å². The van der Waals surface area contributed by atoms with E-state index in [1.54, 1.807) is 0 Å². The van der Waals surface area contributed by atoms with Crippen molar-refractivity contribution in [3.63, 3.8) is 0 Å². The summed E-state index contributed by atoms with van der Waals surface area (Å²) >= 11 is 0. The highest BCUT2D eigenvalue weighted by molar-refractivity contribution is 5.11. The van der Waals surface area contributed by atoms with Gasteiger partial charge in [-0.2, -0.15) is 0 Å². The van der Waals surface area contributed by atoms with Crippen LogP contribution < -0.4 is 0 Å². The van der Waals surface area contributed by atoms with Crippen molar-refractivity contribution in [1.82, 2.24) is 9.55 Å². The van der Waals surface area contributed by atoms with E-state index in [4.69, 9.17) is 5.11 Å². The molecule has 12 heavy (non-hydrogen) atoms. The Labute approximate surface area is 72.0 Å². The van der Waals surface area contributed by atoms with Gasteiger partial charge in [-0.15, -0.1) is 0 Å². The Morgan fingerprint density at radius 3 is 3.33 bits per heavy atom. The molecule has 0 saturated heterocycles. The minimum Gasteiger partial charge on any atom is -0.388 e. The number of aliphatic hydroxyl groups is 1. The molecule has 2 rings (SSSR count). The first-order chi connectivity index (χ1) is 5.83. The summed E-state index contributed by atoms with van der Waals surface area (Å²) in [6.45, 7) is 3.30. The van der Waals surface area contributed by atoms with E-state index in [2.05, 4.69) is 16.5 Å². The van der Waals surface area contributed by atoms with Crippen LogP contribution in [0.2, 0.25) is 0 Å². The third kappa shape index (κ3) is 1.05. The quantitative estimate of drug-likeness (QED) is 0.682. The second-order valence-electron chi connectivity index (χ2n) is 3.45. The van der Waals surface area contributed by atoms with Gasteiger partial charge in [0.25, 0.3) is 0 Å². The van der Waals surface area contributed by atoms with Crippen molar-refractivity contribution in [2.45, 2.75) is 38.8 Å². The molecule has 1 atom stereocenters. The lowest BCUT2D eigenvalue weighted by molar-refractivity contribution is 0.261. The molecule has 0 aromatic carbocycles. The van der Waals surface area contributed by atoms with Crippen molar-refractivity contribution >= 4 is 0 Å². The Morgan fingerprint density at radius 2 is 2.58 bits per heavy atom. The van der Waals surface area contributed by atoms with Crippen LogP contribution in [0.4, 0.5) is 0 Å². The molecule has 0 spiro atoms. The van der Waals surface area contributed by atoms with Crippen LogP contribution in [0, 0.1) is 0 Å². The zero-order chi connectivity index (χ0) is 8.55. The van der Waals surface area contributed by atoms with Gasteiger partial charge in [0.2, 0.25) is 0 Å². The molecule has 0 saturated carbocycles. The number of hydrogen-bond acceptors (Lipinski definition) is 2. The van der Waals surface area contributed by atoms with Crippen LogP contribution in [0.25, 0.3) is 0 Å². The van der Waals surface area contributed by atoms with E-state index in [9.17, 15) is 0 Å². The number of rotatable bonds is 1. The highest BCUT2D eigenvalue weighted by Crippen LogP contribution is 2.27. The molecule has 1 aromatic heterocycles. The van der Waals surface area contributed by atoms with Crippen LogP contribution in [-0.2, 0) is 13.2 Å². The first-order valence-electron chi connectivity index (χ1n) is 4.48. The minimum absolute atomic E-state index is 0.0622. The third-order valence-electron chi connectivity index (χ3n) is 2.63. The molecule has 1 aliphatic rings. The maximum absolute atomic E-state index is 8.99. The molecule has 0 aliphatic carbocycles. The van der Waals surface area contributed by atoms with Crippen molar-refractivity contribution in [2.75, 3.05) is 0 Å². The fraction of sp³-hybridized carbons (Fsp3) is 0.667. The topological polar surface area (TPSA) is 38.0 Å². The predicted octanol–water partition coefficient (Wildman–Crippen LogP) is 1.27. The summed E-state index contributed by atoms with van der Waals surface area (Å²) in [6.07, 6.45) is 4.35. The number of aliphatic hydroxyl groups excluding tert-OH is 1. The lowest BCUT2D eigenvalue weighted by atomic mass is 9.99. The van der Waals surface area contributed by atoms with Gasteiger partial charge in [-0.1, -0.05) is 6.92 Å². The molecule has 0 bridgehead atoms. The molecule has 1 N–H and O–H groups in total. The van der Waals surface area contributed by atoms with Crippen LogP contribution >= 0.6 is 0 Å². The molecule has 1 aromatic rings. The van der Waals surface area contributed by atoms with E-state index < -0.39 is 0 Å². The predicted molar refractivity (Wildman–Crippen MR) is 45.8 cm³/mol. The first-order valence-corrected chi connectivity index (χ1v) is 4.48. The number of fused-ring (bicyclic) bond motifs is 1. The zero-order valence-electron chi connectivity index (χ0n) is 7.32. The van der Waals surface area contributed by atoms with E-state index in [1.165, 1.54) is 18.5 Å². The van der Waals surface area contributed by atoms with Gasteiger partial charge in [0.1, 0.15) is 12.4 Å². The molecule has 1 unspecified atom stereocenters. The van der Waals surface area contributed by atoms with Crippen molar-refractivity contribution in [3.05, 3.63) is 17.7 Å². The summed E-state index contributed by atoms with van der Waals surface area (Å²) in [5, 5.41) is 8.99. The van der Waals surface area contributed by atoms with Gasteiger partial charge in [-0.25, -0.2) is 4.98 Å². The van der Waals surface area contributed by atoms with Gasteiger partial charge >= 0.3 is 0 Å². The van der Waals surface area contributed by atoms with Crippen LogP contribution in [0.5, 0.6) is 0 Å². The second-order valence-corrected chi connectivity index (χ2v) is 3.45. The fourth-order valence-corrected chi connectivity index (χ4v) is 1.91. The van der Waals surface area contributed by atoms with Gasteiger partial charge in [0.15, 0.2) is 0 Å². The monoisotopic (exact) mass is 166 g/mol. The van der Waals surface area contributed by atoms with Crippen molar-refractivity contribution in [1.29, 1.82) is 0 Å². The Morgan fingerprint density at radius 1 is 1.75 bits per heavy atom. The second kappa shape index (κ2) is 2.90. The molecule has 66 valence electrons. The SMILES string of the molecule is CC1CCCn2c1cnc2CO. The summed E-state index contributed by atoms with van der Waals surface area (Å²) in [4.78, 5) is 4.18. The average molecular weight is 166 g/mol. The zero-order valence-corrected chi connectivity index (χ0v) is 7.32. The van der Waals surface area contributed by atoms with Crippen LogP contribution in [0.3, 0.4) is 0 Å². The Balaban J connectivity index is 2.41. The lowest BCUT2D eigenvalue weighted by Gasteiger charge is -2.21. The molecular formula is C9H14N2O. The normalized spacial score (nSPS) is 22.3. The van der Waals surface area contributed by atoms with Gasteiger partial charge in [-0.3, -0.25) is 0 Å². The smallest absolute Gasteiger partial charge is 0.134 e. The Bertz CT molecular complexity index is 280. The highest BCUT2D eigenvalue weighted by Gasteiger charge is 2.18. The molecule has 0 radical (unpaired) electrons. The first kappa shape index (κ1) is 7.80. The third-order valence-corrected chi connectivity index (χ3v) is 2.63. The average Bonchev–Trinajstić information content (AvgIpc) is 2.49. The van der Waals surface area contributed by atoms with E-state index in [-0.39, 0.29) is 6.61 Å². The van der Waals surface area contributed by atoms with E-state index in [0.29, 0.717) is 5.92 Å². The fourth-order valence-electron chi connectivity index (χ4n) is 1.91. The largest absolute Gasteiger partial charge is 0.388 e. The van der Waals surface area contributed by atoms with E-state index >= 15 is 0 Å². The Kier molecular flexibility index (Phi) is 1.89.